The number of hydrogen-bond donors (Lipinski definition) is 1. The maximum Gasteiger partial charge on any atom is 0.246 e. The Morgan fingerprint density at radius 2 is 2.20 bits per heavy atom. The van der Waals surface area contributed by atoms with E-state index in [1.165, 1.54) is 16.7 Å². The van der Waals surface area contributed by atoms with Gasteiger partial charge < -0.3 is 0 Å². The van der Waals surface area contributed by atoms with Crippen molar-refractivity contribution in [3.8, 4) is 0 Å². The van der Waals surface area contributed by atoms with Crippen LogP contribution < -0.4 is 0 Å². The van der Waals surface area contributed by atoms with Crippen LogP contribution in [0.15, 0.2) is 17.3 Å². The zero-order valence-corrected chi connectivity index (χ0v) is 10.1. The van der Waals surface area contributed by atoms with E-state index < -0.39 is 10.0 Å². The van der Waals surface area contributed by atoms with Crippen LogP contribution in [-0.4, -0.2) is 35.5 Å². The zero-order valence-electron chi connectivity index (χ0n) is 9.27. The molecule has 1 aromatic heterocycles. The standard InChI is InChI=1S/C9H17N3O2S/c1-4-5-12(8(2)3)15(13,14)9-6-10-11-7-9/h6-8H,4-5H2,1-3H3,(H,10,11). The molecule has 5 nitrogen and oxygen atoms in total. The molecule has 0 radical (unpaired) electrons. The Labute approximate surface area is 90.5 Å². The van der Waals surface area contributed by atoms with Crippen LogP contribution in [0.4, 0.5) is 0 Å². The van der Waals surface area contributed by atoms with Crippen molar-refractivity contribution in [1.82, 2.24) is 14.5 Å². The number of aromatic nitrogens is 2. The van der Waals surface area contributed by atoms with Crippen LogP contribution in [0.5, 0.6) is 0 Å². The smallest absolute Gasteiger partial charge is 0.246 e. The van der Waals surface area contributed by atoms with E-state index in [4.69, 9.17) is 0 Å². The lowest BCUT2D eigenvalue weighted by Crippen LogP contribution is -2.37. The Morgan fingerprint density at radius 1 is 1.53 bits per heavy atom. The Bertz CT molecular complexity index is 383. The fourth-order valence-corrected chi connectivity index (χ4v) is 3.03. The number of H-pyrrole nitrogens is 1. The molecule has 1 N–H and O–H groups in total. The zero-order chi connectivity index (χ0) is 11.5. The molecule has 0 fully saturated rings. The molecule has 0 spiro atoms. The fraction of sp³-hybridized carbons (Fsp3) is 0.667. The summed E-state index contributed by atoms with van der Waals surface area (Å²) in [4.78, 5) is 0.227. The quantitative estimate of drug-likeness (QED) is 0.828. The molecule has 0 saturated heterocycles. The van der Waals surface area contributed by atoms with Crippen LogP contribution in [0.2, 0.25) is 0 Å². The van der Waals surface area contributed by atoms with E-state index in [0.717, 1.165) is 6.42 Å². The van der Waals surface area contributed by atoms with E-state index in [-0.39, 0.29) is 10.9 Å². The topological polar surface area (TPSA) is 66.1 Å². The van der Waals surface area contributed by atoms with Crippen molar-refractivity contribution in [3.63, 3.8) is 0 Å². The lowest BCUT2D eigenvalue weighted by Gasteiger charge is -2.24. The normalized spacial score (nSPS) is 12.6. The van der Waals surface area contributed by atoms with Gasteiger partial charge in [0.25, 0.3) is 0 Å². The molecule has 1 aromatic rings. The average Bonchev–Trinajstić information content (AvgIpc) is 2.66. The number of hydrogen-bond acceptors (Lipinski definition) is 3. The van der Waals surface area contributed by atoms with E-state index in [9.17, 15) is 8.42 Å². The molecule has 0 amide bonds. The monoisotopic (exact) mass is 231 g/mol. The van der Waals surface area contributed by atoms with Gasteiger partial charge in [-0.3, -0.25) is 5.10 Å². The molecule has 1 heterocycles. The fourth-order valence-electron chi connectivity index (χ4n) is 1.39. The minimum absolute atomic E-state index is 0.0372. The molecule has 6 heteroatoms. The first kappa shape index (κ1) is 12.2. The summed E-state index contributed by atoms with van der Waals surface area (Å²) in [5, 5.41) is 6.18. The molecule has 86 valence electrons. The van der Waals surface area contributed by atoms with Gasteiger partial charge >= 0.3 is 0 Å². The second-order valence-electron chi connectivity index (χ2n) is 3.64. The maximum atomic E-state index is 12.1. The summed E-state index contributed by atoms with van der Waals surface area (Å²) in [5.74, 6) is 0. The summed E-state index contributed by atoms with van der Waals surface area (Å²) < 4.78 is 25.7. The number of nitrogens with one attached hydrogen (secondary N) is 1. The van der Waals surface area contributed by atoms with Gasteiger partial charge in [-0.2, -0.15) is 9.40 Å². The van der Waals surface area contributed by atoms with Gasteiger partial charge in [0, 0.05) is 18.8 Å². The van der Waals surface area contributed by atoms with E-state index in [0.29, 0.717) is 6.54 Å². The third kappa shape index (κ3) is 2.57. The highest BCUT2D eigenvalue weighted by molar-refractivity contribution is 7.89. The van der Waals surface area contributed by atoms with Gasteiger partial charge in [0.2, 0.25) is 10.0 Å². The molecule has 0 bridgehead atoms. The van der Waals surface area contributed by atoms with Crippen LogP contribution in [0.3, 0.4) is 0 Å². The van der Waals surface area contributed by atoms with Gasteiger partial charge in [0.15, 0.2) is 0 Å². The summed E-state index contributed by atoms with van der Waals surface area (Å²) >= 11 is 0. The summed E-state index contributed by atoms with van der Waals surface area (Å²) in [5.41, 5.74) is 0. The molecule has 15 heavy (non-hydrogen) atoms. The lowest BCUT2D eigenvalue weighted by molar-refractivity contribution is 0.354. The number of sulfonamides is 1. The highest BCUT2D eigenvalue weighted by Crippen LogP contribution is 2.16. The van der Waals surface area contributed by atoms with Crippen molar-refractivity contribution >= 4 is 10.0 Å². The van der Waals surface area contributed by atoms with Crippen molar-refractivity contribution in [2.75, 3.05) is 6.54 Å². The predicted molar refractivity (Wildman–Crippen MR) is 57.9 cm³/mol. The van der Waals surface area contributed by atoms with Crippen LogP contribution >= 0.6 is 0 Å². The Morgan fingerprint density at radius 3 is 2.60 bits per heavy atom. The minimum Gasteiger partial charge on any atom is -0.284 e. The molecule has 1 rings (SSSR count). The highest BCUT2D eigenvalue weighted by atomic mass is 32.2. The maximum absolute atomic E-state index is 12.1. The molecule has 0 aromatic carbocycles. The average molecular weight is 231 g/mol. The Balaban J connectivity index is 3.02. The largest absolute Gasteiger partial charge is 0.284 e. The van der Waals surface area contributed by atoms with Crippen molar-refractivity contribution < 1.29 is 8.42 Å². The van der Waals surface area contributed by atoms with Gasteiger partial charge in [-0.25, -0.2) is 8.42 Å². The molecule has 0 unspecified atom stereocenters. The summed E-state index contributed by atoms with van der Waals surface area (Å²) in [7, 11) is -3.38. The second kappa shape index (κ2) is 4.76. The summed E-state index contributed by atoms with van der Waals surface area (Å²) in [6.07, 6.45) is 3.54. The van der Waals surface area contributed by atoms with Crippen molar-refractivity contribution in [1.29, 1.82) is 0 Å². The van der Waals surface area contributed by atoms with E-state index in [1.807, 2.05) is 20.8 Å². The van der Waals surface area contributed by atoms with E-state index in [1.54, 1.807) is 0 Å². The SMILES string of the molecule is CCCN(C(C)C)S(=O)(=O)c1cn[nH]c1. The van der Waals surface area contributed by atoms with Gasteiger partial charge in [-0.1, -0.05) is 6.92 Å². The molecular weight excluding hydrogens is 214 g/mol. The van der Waals surface area contributed by atoms with Gasteiger partial charge in [-0.05, 0) is 20.3 Å². The van der Waals surface area contributed by atoms with Crippen molar-refractivity contribution in [2.24, 2.45) is 0 Å². The van der Waals surface area contributed by atoms with Crippen molar-refractivity contribution in [3.05, 3.63) is 12.4 Å². The molecular formula is C9H17N3O2S. The van der Waals surface area contributed by atoms with Crippen LogP contribution in [0, 0.1) is 0 Å². The van der Waals surface area contributed by atoms with Gasteiger partial charge in [0.1, 0.15) is 4.90 Å². The molecule has 0 saturated carbocycles. The van der Waals surface area contributed by atoms with E-state index in [2.05, 4.69) is 10.2 Å². The van der Waals surface area contributed by atoms with Crippen LogP contribution in [-0.2, 0) is 10.0 Å². The Kier molecular flexibility index (Phi) is 3.87. The summed E-state index contributed by atoms with van der Waals surface area (Å²) in [6, 6.07) is -0.0372. The number of aromatic amines is 1. The van der Waals surface area contributed by atoms with Crippen LogP contribution in [0.1, 0.15) is 27.2 Å². The molecule has 0 atom stereocenters. The summed E-state index contributed by atoms with van der Waals surface area (Å²) in [6.45, 7) is 6.23. The third-order valence-corrected chi connectivity index (χ3v) is 4.14. The number of nitrogens with zero attached hydrogens (tertiary/aromatic N) is 2. The first-order valence-corrected chi connectivity index (χ1v) is 6.44. The minimum atomic E-state index is -3.38. The third-order valence-electron chi connectivity index (χ3n) is 2.10. The predicted octanol–water partition coefficient (Wildman–Crippen LogP) is 1.22. The van der Waals surface area contributed by atoms with Gasteiger partial charge in [-0.15, -0.1) is 0 Å². The second-order valence-corrected chi connectivity index (χ2v) is 5.53. The van der Waals surface area contributed by atoms with Crippen molar-refractivity contribution in [2.45, 2.75) is 38.1 Å². The lowest BCUT2D eigenvalue weighted by atomic mass is 10.4. The first-order chi connectivity index (χ1) is 7.00. The van der Waals surface area contributed by atoms with E-state index >= 15 is 0 Å². The van der Waals surface area contributed by atoms with Crippen LogP contribution in [0.25, 0.3) is 0 Å². The molecule has 0 aliphatic carbocycles. The highest BCUT2D eigenvalue weighted by Gasteiger charge is 2.26. The molecule has 0 aliphatic heterocycles. The Hall–Kier alpha value is -0.880. The van der Waals surface area contributed by atoms with Gasteiger partial charge in [0.05, 0.1) is 6.20 Å². The molecule has 0 aliphatic rings. The first-order valence-electron chi connectivity index (χ1n) is 5.00. The number of rotatable bonds is 5.